The second-order valence-corrected chi connectivity index (χ2v) is 7.10. The van der Waals surface area contributed by atoms with Crippen molar-refractivity contribution < 1.29 is 4.79 Å². The molecule has 122 valence electrons. The van der Waals surface area contributed by atoms with Crippen LogP contribution in [0.15, 0.2) is 41.8 Å². The lowest BCUT2D eigenvalue weighted by molar-refractivity contribution is -0.134. The number of thiophene rings is 1. The van der Waals surface area contributed by atoms with E-state index in [2.05, 4.69) is 22.4 Å². The zero-order valence-electron chi connectivity index (χ0n) is 13.4. The Balaban J connectivity index is 1.54. The van der Waals surface area contributed by atoms with E-state index in [0.717, 1.165) is 38.3 Å². The summed E-state index contributed by atoms with van der Waals surface area (Å²) in [5, 5.41) is 2.11. The Morgan fingerprint density at radius 1 is 1.17 bits per heavy atom. The minimum atomic E-state index is -0.556. The first-order chi connectivity index (χ1) is 11.1. The topological polar surface area (TPSA) is 49.6 Å². The first-order valence-electron chi connectivity index (χ1n) is 7.99. The molecule has 0 spiro atoms. The Morgan fingerprint density at radius 2 is 1.87 bits per heavy atom. The van der Waals surface area contributed by atoms with Gasteiger partial charge in [0.1, 0.15) is 6.04 Å². The fourth-order valence-electron chi connectivity index (χ4n) is 2.86. The van der Waals surface area contributed by atoms with Crippen molar-refractivity contribution in [1.82, 2.24) is 9.80 Å². The highest BCUT2D eigenvalue weighted by atomic mass is 32.1. The summed E-state index contributed by atoms with van der Waals surface area (Å²) in [6.45, 7) is 6.33. The molecule has 1 fully saturated rings. The standard InChI is InChI=1S/C18H23N3OS/c1-14-4-6-15(7-5-14)17(19)18(22)21-10-8-20(9-11-21)13-16-3-2-12-23-16/h2-7,12,17H,8-11,13,19H2,1H3. The lowest BCUT2D eigenvalue weighted by Crippen LogP contribution is -2.50. The second-order valence-electron chi connectivity index (χ2n) is 6.07. The molecule has 4 nitrogen and oxygen atoms in total. The molecule has 1 aromatic carbocycles. The fraction of sp³-hybridized carbons (Fsp3) is 0.389. The maximum absolute atomic E-state index is 12.6. The molecule has 0 saturated carbocycles. The van der Waals surface area contributed by atoms with Gasteiger partial charge >= 0.3 is 0 Å². The first-order valence-corrected chi connectivity index (χ1v) is 8.87. The molecule has 0 bridgehead atoms. The molecular weight excluding hydrogens is 306 g/mol. The molecule has 1 aliphatic rings. The highest BCUT2D eigenvalue weighted by molar-refractivity contribution is 7.09. The van der Waals surface area contributed by atoms with Crippen molar-refractivity contribution >= 4 is 17.2 Å². The zero-order chi connectivity index (χ0) is 16.2. The molecule has 2 aromatic rings. The van der Waals surface area contributed by atoms with Gasteiger partial charge in [-0.3, -0.25) is 9.69 Å². The van der Waals surface area contributed by atoms with Crippen molar-refractivity contribution in [3.8, 4) is 0 Å². The van der Waals surface area contributed by atoms with E-state index in [-0.39, 0.29) is 5.91 Å². The summed E-state index contributed by atoms with van der Waals surface area (Å²) in [6, 6.07) is 11.6. The number of rotatable bonds is 4. The van der Waals surface area contributed by atoms with Crippen molar-refractivity contribution in [3.05, 3.63) is 57.8 Å². The van der Waals surface area contributed by atoms with Crippen molar-refractivity contribution in [2.45, 2.75) is 19.5 Å². The molecular formula is C18H23N3OS. The Labute approximate surface area is 141 Å². The van der Waals surface area contributed by atoms with Gasteiger partial charge < -0.3 is 10.6 Å². The normalized spacial score (nSPS) is 17.2. The van der Waals surface area contributed by atoms with Crippen LogP contribution in [0.5, 0.6) is 0 Å². The van der Waals surface area contributed by atoms with Gasteiger partial charge in [0.25, 0.3) is 0 Å². The minimum absolute atomic E-state index is 0.0321. The molecule has 1 atom stereocenters. The first kappa shape index (κ1) is 16.2. The summed E-state index contributed by atoms with van der Waals surface area (Å²) in [5.74, 6) is 0.0321. The number of benzene rings is 1. The Morgan fingerprint density at radius 3 is 2.48 bits per heavy atom. The summed E-state index contributed by atoms with van der Waals surface area (Å²) in [5.41, 5.74) is 8.23. The number of hydrogen-bond acceptors (Lipinski definition) is 4. The van der Waals surface area contributed by atoms with Crippen molar-refractivity contribution in [2.24, 2.45) is 5.73 Å². The van der Waals surface area contributed by atoms with E-state index in [0.29, 0.717) is 0 Å². The van der Waals surface area contributed by atoms with Crippen LogP contribution in [0.2, 0.25) is 0 Å². The highest BCUT2D eigenvalue weighted by Crippen LogP contribution is 2.17. The molecule has 3 rings (SSSR count). The SMILES string of the molecule is Cc1ccc(C(N)C(=O)N2CCN(Cc3cccs3)CC2)cc1. The van der Waals surface area contributed by atoms with Crippen LogP contribution < -0.4 is 5.73 Å². The predicted molar refractivity (Wildman–Crippen MR) is 94.3 cm³/mol. The lowest BCUT2D eigenvalue weighted by Gasteiger charge is -2.35. The van der Waals surface area contributed by atoms with Crippen molar-refractivity contribution in [2.75, 3.05) is 26.2 Å². The monoisotopic (exact) mass is 329 g/mol. The number of aryl methyl sites for hydroxylation is 1. The van der Waals surface area contributed by atoms with E-state index in [1.54, 1.807) is 11.3 Å². The molecule has 0 radical (unpaired) electrons. The van der Waals surface area contributed by atoms with Gasteiger partial charge in [0.15, 0.2) is 0 Å². The smallest absolute Gasteiger partial charge is 0.244 e. The Bertz CT molecular complexity index is 631. The van der Waals surface area contributed by atoms with E-state index in [4.69, 9.17) is 5.73 Å². The van der Waals surface area contributed by atoms with E-state index < -0.39 is 6.04 Å². The van der Waals surface area contributed by atoms with Gasteiger partial charge in [-0.2, -0.15) is 0 Å². The van der Waals surface area contributed by atoms with Crippen molar-refractivity contribution in [1.29, 1.82) is 0 Å². The van der Waals surface area contributed by atoms with Crippen LogP contribution in [-0.4, -0.2) is 41.9 Å². The number of hydrogen-bond donors (Lipinski definition) is 1. The Kier molecular flexibility index (Phi) is 5.10. The molecule has 1 aliphatic heterocycles. The van der Waals surface area contributed by atoms with Crippen LogP contribution >= 0.6 is 11.3 Å². The van der Waals surface area contributed by atoms with E-state index in [1.165, 1.54) is 10.4 Å². The predicted octanol–water partition coefficient (Wildman–Crippen LogP) is 2.40. The summed E-state index contributed by atoms with van der Waals surface area (Å²) < 4.78 is 0. The fourth-order valence-corrected chi connectivity index (χ4v) is 3.61. The van der Waals surface area contributed by atoms with Crippen LogP contribution in [0.4, 0.5) is 0 Å². The van der Waals surface area contributed by atoms with Gasteiger partial charge in [-0.15, -0.1) is 11.3 Å². The van der Waals surface area contributed by atoms with E-state index >= 15 is 0 Å². The highest BCUT2D eigenvalue weighted by Gasteiger charge is 2.26. The maximum Gasteiger partial charge on any atom is 0.244 e. The summed E-state index contributed by atoms with van der Waals surface area (Å²) in [7, 11) is 0. The molecule has 2 N–H and O–H groups in total. The van der Waals surface area contributed by atoms with E-state index in [1.807, 2.05) is 36.1 Å². The van der Waals surface area contributed by atoms with E-state index in [9.17, 15) is 4.79 Å². The van der Waals surface area contributed by atoms with Crippen LogP contribution in [0.1, 0.15) is 22.0 Å². The van der Waals surface area contributed by atoms with Gasteiger partial charge in [-0.1, -0.05) is 35.9 Å². The largest absolute Gasteiger partial charge is 0.338 e. The molecule has 1 aromatic heterocycles. The van der Waals surface area contributed by atoms with Crippen LogP contribution in [0.3, 0.4) is 0 Å². The number of nitrogens with two attached hydrogens (primary N) is 1. The van der Waals surface area contributed by atoms with Crippen LogP contribution in [0, 0.1) is 6.92 Å². The maximum atomic E-state index is 12.6. The summed E-state index contributed by atoms with van der Waals surface area (Å²) in [6.07, 6.45) is 0. The number of carbonyl (C=O) groups excluding carboxylic acids is 1. The average Bonchev–Trinajstić information content (AvgIpc) is 3.08. The summed E-state index contributed by atoms with van der Waals surface area (Å²) in [4.78, 5) is 18.3. The number of amides is 1. The molecule has 2 heterocycles. The van der Waals surface area contributed by atoms with Crippen LogP contribution in [-0.2, 0) is 11.3 Å². The number of piperazine rings is 1. The molecule has 1 amide bonds. The lowest BCUT2D eigenvalue weighted by atomic mass is 10.0. The van der Waals surface area contributed by atoms with Crippen LogP contribution in [0.25, 0.3) is 0 Å². The van der Waals surface area contributed by atoms with Gasteiger partial charge in [0, 0.05) is 37.6 Å². The third-order valence-electron chi connectivity index (χ3n) is 4.35. The molecule has 0 aliphatic carbocycles. The van der Waals surface area contributed by atoms with Crippen molar-refractivity contribution in [3.63, 3.8) is 0 Å². The molecule has 1 saturated heterocycles. The van der Waals surface area contributed by atoms with Gasteiger partial charge in [-0.05, 0) is 23.9 Å². The molecule has 23 heavy (non-hydrogen) atoms. The average molecular weight is 329 g/mol. The minimum Gasteiger partial charge on any atom is -0.338 e. The number of nitrogens with zero attached hydrogens (tertiary/aromatic N) is 2. The van der Waals surface area contributed by atoms with Gasteiger partial charge in [-0.25, -0.2) is 0 Å². The van der Waals surface area contributed by atoms with Gasteiger partial charge in [0.2, 0.25) is 5.91 Å². The Hall–Kier alpha value is -1.69. The molecule has 5 heteroatoms. The quantitative estimate of drug-likeness (QED) is 0.937. The molecule has 1 unspecified atom stereocenters. The third-order valence-corrected chi connectivity index (χ3v) is 5.21. The van der Waals surface area contributed by atoms with Gasteiger partial charge in [0.05, 0.1) is 0 Å². The number of carbonyl (C=O) groups is 1. The zero-order valence-corrected chi connectivity index (χ0v) is 14.3. The second kappa shape index (κ2) is 7.25. The third kappa shape index (κ3) is 3.99. The summed E-state index contributed by atoms with van der Waals surface area (Å²) >= 11 is 1.78.